The molecule has 4 heteroatoms. The van der Waals surface area contributed by atoms with Gasteiger partial charge in [0.05, 0.1) is 55.5 Å². The first-order valence-corrected chi connectivity index (χ1v) is 34.4. The van der Waals surface area contributed by atoms with Crippen LogP contribution in [0.15, 0.2) is 388 Å². The first-order valence-electron chi connectivity index (χ1n) is 34.4. The first kappa shape index (κ1) is 58.1. The van der Waals surface area contributed by atoms with E-state index < -0.39 is 0 Å². The second kappa shape index (κ2) is 24.4. The van der Waals surface area contributed by atoms with Gasteiger partial charge in [0.1, 0.15) is 0 Å². The molecule has 0 saturated heterocycles. The van der Waals surface area contributed by atoms with E-state index in [-0.39, 0.29) is 0 Å². The summed E-state index contributed by atoms with van der Waals surface area (Å²) < 4.78 is 9.61. The Balaban J connectivity index is 0.000000139. The van der Waals surface area contributed by atoms with Gasteiger partial charge in [0.25, 0.3) is 0 Å². The summed E-state index contributed by atoms with van der Waals surface area (Å²) in [4.78, 5) is 0. The van der Waals surface area contributed by atoms with Crippen molar-refractivity contribution in [2.45, 2.75) is 0 Å². The number of rotatable bonds is 10. The number of hydrogen-bond donors (Lipinski definition) is 0. The number of aromatic nitrogens is 4. The standard InChI is InChI=1S/2C48H32N2/c1-3-14-33(15-4-1)36-30-31-46-42(32-36)40-19-8-11-23-44(40)50(46)43-22-10-7-18-38(43)34-26-28-35(29-27-34)39-21-13-25-47-48(39)41-20-9-12-24-45(41)49(47)37-16-5-2-6-17-37;1-3-13-33(14-4-1)36-28-30-48-43(31-36)41-19-9-12-22-46(41)50(48)44-20-10-7-17-39(44)35-25-23-34(24-26-35)37-27-29-47-42(32-37)40-18-8-11-21-45(40)49(47)38-15-5-2-6-16-38/h2*1-32H. The van der Waals surface area contributed by atoms with Crippen LogP contribution < -0.4 is 0 Å². The largest absolute Gasteiger partial charge is 0.309 e. The lowest BCUT2D eigenvalue weighted by Crippen LogP contribution is -1.97. The molecule has 0 fully saturated rings. The fraction of sp³-hybridized carbons (Fsp3) is 0. The SMILES string of the molecule is c1ccc(-c2ccc3c(c2)c2ccccc2n3-c2ccccc2-c2ccc(-c3ccc4c(c3)c3ccccc3n4-c3ccccc3)cc2)cc1.c1ccc(-c2ccc3c(c2)c2ccccc2n3-c2ccccc2-c2ccc(-c3cccc4c3c3ccccc3n4-c3ccccc3)cc2)cc1. The Morgan fingerprint density at radius 3 is 0.850 bits per heavy atom. The first-order chi connectivity index (χ1) is 49.6. The van der Waals surface area contributed by atoms with Gasteiger partial charge in [0.15, 0.2) is 0 Å². The van der Waals surface area contributed by atoms with Crippen molar-refractivity contribution in [3.8, 4) is 89.5 Å². The second-order valence-electron chi connectivity index (χ2n) is 25.9. The minimum absolute atomic E-state index is 1.17. The van der Waals surface area contributed by atoms with Crippen molar-refractivity contribution in [2.24, 2.45) is 0 Å². The molecule has 20 aromatic rings. The Morgan fingerprint density at radius 2 is 0.410 bits per heavy atom. The summed E-state index contributed by atoms with van der Waals surface area (Å²) in [5.74, 6) is 0. The Morgan fingerprint density at radius 1 is 0.140 bits per heavy atom. The zero-order chi connectivity index (χ0) is 66.0. The molecule has 0 atom stereocenters. The summed E-state index contributed by atoms with van der Waals surface area (Å²) in [6.45, 7) is 0. The van der Waals surface area contributed by atoms with Gasteiger partial charge >= 0.3 is 0 Å². The molecule has 0 unspecified atom stereocenters. The third-order valence-corrected chi connectivity index (χ3v) is 20.3. The number of nitrogens with zero attached hydrogens (tertiary/aromatic N) is 4. The summed E-state index contributed by atoms with van der Waals surface area (Å²) in [5.41, 5.74) is 29.0. The minimum atomic E-state index is 1.17. The van der Waals surface area contributed by atoms with Crippen molar-refractivity contribution in [2.75, 3.05) is 0 Å². The lowest BCUT2D eigenvalue weighted by atomic mass is 9.96. The smallest absolute Gasteiger partial charge is 0.0547 e. The highest BCUT2D eigenvalue weighted by Gasteiger charge is 2.21. The molecule has 0 aliphatic carbocycles. The molecule has 20 rings (SSSR count). The van der Waals surface area contributed by atoms with Crippen molar-refractivity contribution < 1.29 is 0 Å². The third-order valence-electron chi connectivity index (χ3n) is 20.3. The van der Waals surface area contributed by atoms with Crippen LogP contribution in [0.4, 0.5) is 0 Å². The highest BCUT2D eigenvalue weighted by Crippen LogP contribution is 2.44. The van der Waals surface area contributed by atoms with Gasteiger partial charge in [-0.25, -0.2) is 0 Å². The monoisotopic (exact) mass is 1270 g/mol. The fourth-order valence-corrected chi connectivity index (χ4v) is 15.7. The van der Waals surface area contributed by atoms with E-state index in [2.05, 4.69) is 407 Å². The van der Waals surface area contributed by atoms with Crippen LogP contribution in [0.2, 0.25) is 0 Å². The topological polar surface area (TPSA) is 19.7 Å². The lowest BCUT2D eigenvalue weighted by Gasteiger charge is -2.15. The molecule has 468 valence electrons. The molecule has 0 aliphatic heterocycles. The Hall–Kier alpha value is -13.3. The zero-order valence-electron chi connectivity index (χ0n) is 54.7. The Bertz CT molecular complexity index is 6470. The number of para-hydroxylation sites is 8. The van der Waals surface area contributed by atoms with Crippen molar-refractivity contribution in [1.29, 1.82) is 0 Å². The summed E-state index contributed by atoms with van der Waals surface area (Å²) in [5, 5.41) is 10.1. The lowest BCUT2D eigenvalue weighted by molar-refractivity contribution is 1.18. The molecular weight excluding hydrogens is 1210 g/mol. The summed E-state index contributed by atoms with van der Waals surface area (Å²) in [7, 11) is 0. The molecule has 0 radical (unpaired) electrons. The van der Waals surface area contributed by atoms with Gasteiger partial charge in [0.2, 0.25) is 0 Å². The van der Waals surface area contributed by atoms with Crippen LogP contribution in [0.1, 0.15) is 0 Å². The molecular formula is C96H64N4. The molecule has 16 aromatic carbocycles. The van der Waals surface area contributed by atoms with Gasteiger partial charge in [-0.15, -0.1) is 0 Å². The van der Waals surface area contributed by atoms with E-state index >= 15 is 0 Å². The van der Waals surface area contributed by atoms with E-state index in [4.69, 9.17) is 0 Å². The summed E-state index contributed by atoms with van der Waals surface area (Å²) in [6, 6.07) is 141. The fourth-order valence-electron chi connectivity index (χ4n) is 15.7. The van der Waals surface area contributed by atoms with Crippen LogP contribution in [0, 0.1) is 0 Å². The van der Waals surface area contributed by atoms with Crippen molar-refractivity contribution in [3.63, 3.8) is 0 Å². The molecule has 0 N–H and O–H groups in total. The van der Waals surface area contributed by atoms with Crippen molar-refractivity contribution in [3.05, 3.63) is 388 Å². The zero-order valence-corrected chi connectivity index (χ0v) is 54.7. The molecule has 0 amide bonds. The van der Waals surface area contributed by atoms with Gasteiger partial charge in [-0.2, -0.15) is 0 Å². The average molecular weight is 1270 g/mol. The van der Waals surface area contributed by atoms with Crippen molar-refractivity contribution in [1.82, 2.24) is 18.3 Å². The number of hydrogen-bond acceptors (Lipinski definition) is 0. The average Bonchev–Trinajstić information content (AvgIpc) is 1.60. The van der Waals surface area contributed by atoms with Crippen LogP contribution in [0.3, 0.4) is 0 Å². The number of fused-ring (bicyclic) bond motifs is 12. The minimum Gasteiger partial charge on any atom is -0.309 e. The van der Waals surface area contributed by atoms with Gasteiger partial charge < -0.3 is 18.3 Å². The highest BCUT2D eigenvalue weighted by molar-refractivity contribution is 6.17. The van der Waals surface area contributed by atoms with Gasteiger partial charge in [-0.3, -0.25) is 0 Å². The maximum absolute atomic E-state index is 2.43. The second-order valence-corrected chi connectivity index (χ2v) is 25.9. The summed E-state index contributed by atoms with van der Waals surface area (Å²) in [6.07, 6.45) is 0. The van der Waals surface area contributed by atoms with Crippen LogP contribution >= 0.6 is 0 Å². The van der Waals surface area contributed by atoms with E-state index in [1.165, 1.54) is 177 Å². The maximum Gasteiger partial charge on any atom is 0.0547 e. The molecule has 4 aromatic heterocycles. The van der Waals surface area contributed by atoms with Gasteiger partial charge in [0, 0.05) is 65.6 Å². The highest BCUT2D eigenvalue weighted by atomic mass is 15.0. The molecule has 4 heterocycles. The molecule has 0 saturated carbocycles. The quantitative estimate of drug-likeness (QED) is 0.130. The van der Waals surface area contributed by atoms with Gasteiger partial charge in [-0.1, -0.05) is 285 Å². The van der Waals surface area contributed by atoms with E-state index in [0.717, 1.165) is 0 Å². The van der Waals surface area contributed by atoms with E-state index in [9.17, 15) is 0 Å². The van der Waals surface area contributed by atoms with E-state index in [1.54, 1.807) is 0 Å². The maximum atomic E-state index is 2.43. The van der Waals surface area contributed by atoms with E-state index in [0.29, 0.717) is 0 Å². The predicted octanol–water partition coefficient (Wildman–Crippen LogP) is 25.8. The van der Waals surface area contributed by atoms with Crippen LogP contribution in [-0.2, 0) is 0 Å². The van der Waals surface area contributed by atoms with Gasteiger partial charge in [-0.05, 0) is 159 Å². The molecule has 0 spiro atoms. The predicted molar refractivity (Wildman–Crippen MR) is 423 cm³/mol. The third kappa shape index (κ3) is 9.83. The molecule has 100 heavy (non-hydrogen) atoms. The van der Waals surface area contributed by atoms with E-state index in [1.807, 2.05) is 0 Å². The molecule has 0 aliphatic rings. The Labute approximate surface area is 579 Å². The summed E-state index contributed by atoms with van der Waals surface area (Å²) >= 11 is 0. The Kier molecular flexibility index (Phi) is 14.2. The van der Waals surface area contributed by atoms with Crippen LogP contribution in [-0.4, -0.2) is 18.3 Å². The molecule has 4 nitrogen and oxygen atoms in total. The molecule has 0 bridgehead atoms. The van der Waals surface area contributed by atoms with Crippen molar-refractivity contribution >= 4 is 87.2 Å². The number of benzene rings is 16. The normalized spacial score (nSPS) is 11.6. The van der Waals surface area contributed by atoms with Crippen LogP contribution in [0.5, 0.6) is 0 Å². The van der Waals surface area contributed by atoms with Crippen LogP contribution in [0.25, 0.3) is 177 Å².